The largest absolute Gasteiger partial charge is 0.491 e. The summed E-state index contributed by atoms with van der Waals surface area (Å²) >= 11 is 3.42. The molecular formula is C29H43BrN4O7S2. The summed E-state index contributed by atoms with van der Waals surface area (Å²) in [5.41, 5.74) is 0.489. The molecule has 0 bridgehead atoms. The zero-order valence-corrected chi connectivity index (χ0v) is 28.2. The Bertz CT molecular complexity index is 1450. The summed E-state index contributed by atoms with van der Waals surface area (Å²) in [7, 11) is -3.36. The van der Waals surface area contributed by atoms with Crippen molar-refractivity contribution in [2.24, 2.45) is 0 Å². The van der Waals surface area contributed by atoms with E-state index in [1.54, 1.807) is 30.3 Å². The number of nitrogens with zero attached hydrogens (tertiary/aromatic N) is 2. The van der Waals surface area contributed by atoms with E-state index in [0.29, 0.717) is 56.1 Å². The second-order valence-electron chi connectivity index (χ2n) is 11.6. The number of benzene rings is 2. The van der Waals surface area contributed by atoms with E-state index in [2.05, 4.69) is 26.0 Å². The number of nitrogens with one attached hydrogen (secondary N) is 2. The molecular weight excluding hydrogens is 660 g/mol. The van der Waals surface area contributed by atoms with Crippen molar-refractivity contribution in [1.29, 1.82) is 0 Å². The summed E-state index contributed by atoms with van der Waals surface area (Å²) in [4.78, 5) is 2.40. The number of rotatable bonds is 14. The molecule has 2 atom stereocenters. The Balaban J connectivity index is 1.20. The number of ether oxygens (including phenoxy) is 2. The number of hydrogen-bond donors (Lipinski definition) is 3. The molecule has 0 saturated carbocycles. The predicted octanol–water partition coefficient (Wildman–Crippen LogP) is 2.33. The molecule has 3 N–H and O–H groups in total. The van der Waals surface area contributed by atoms with Crippen LogP contribution in [0.15, 0.2) is 56.7 Å². The summed E-state index contributed by atoms with van der Waals surface area (Å²) < 4.78 is 68.5. The molecule has 14 heteroatoms. The average molecular weight is 704 g/mol. The fourth-order valence-corrected chi connectivity index (χ4v) is 8.24. The first kappa shape index (κ1) is 34.3. The van der Waals surface area contributed by atoms with Gasteiger partial charge in [0.15, 0.2) is 0 Å². The Hall–Kier alpha value is -1.62. The molecule has 2 aliphatic rings. The highest BCUT2D eigenvalue weighted by molar-refractivity contribution is 9.10. The SMILES string of the molecule is Cc1cc(S(=O)(=O)N2CCC3(CC2)CC(NCC(O)COc2cccc(S(=O)(=O)NCCCN(C)C)c2)CO3)ccc1Br. The smallest absolute Gasteiger partial charge is 0.243 e. The van der Waals surface area contributed by atoms with Gasteiger partial charge in [0.05, 0.1) is 22.0 Å². The molecule has 0 aliphatic carbocycles. The van der Waals surface area contributed by atoms with Crippen molar-refractivity contribution in [2.45, 2.75) is 60.1 Å². The van der Waals surface area contributed by atoms with Gasteiger partial charge in [-0.25, -0.2) is 21.6 Å². The van der Waals surface area contributed by atoms with Gasteiger partial charge in [0.25, 0.3) is 0 Å². The second-order valence-corrected chi connectivity index (χ2v) is 16.2. The first-order valence-corrected chi connectivity index (χ1v) is 18.2. The first-order valence-electron chi connectivity index (χ1n) is 14.5. The summed E-state index contributed by atoms with van der Waals surface area (Å²) in [6, 6.07) is 11.3. The van der Waals surface area contributed by atoms with E-state index in [1.807, 2.05) is 25.9 Å². The standard InChI is InChI=1S/C29H43BrN4O7S2/c1-22-16-27(8-9-28(22)30)43(38,39)34-14-10-29(11-15-34)18-23(20-41-29)31-19-24(35)21-40-25-6-4-7-26(17-25)42(36,37)32-12-5-13-33(2)3/h4,6-9,16-17,23-24,31-32,35H,5,10-15,18-21H2,1-3H3. The van der Waals surface area contributed by atoms with Crippen LogP contribution in [0.2, 0.25) is 0 Å². The number of aryl methyl sites for hydroxylation is 1. The lowest BCUT2D eigenvalue weighted by Crippen LogP contribution is -2.47. The molecule has 4 rings (SSSR count). The van der Waals surface area contributed by atoms with Gasteiger partial charge < -0.3 is 24.8 Å². The Morgan fingerprint density at radius 2 is 1.88 bits per heavy atom. The number of aliphatic hydroxyl groups is 1. The van der Waals surface area contributed by atoms with Crippen LogP contribution in [0.4, 0.5) is 0 Å². The van der Waals surface area contributed by atoms with Gasteiger partial charge in [-0.2, -0.15) is 4.31 Å². The summed E-state index contributed by atoms with van der Waals surface area (Å²) in [5, 5.41) is 13.9. The van der Waals surface area contributed by atoms with Crippen LogP contribution in [0.1, 0.15) is 31.2 Å². The second kappa shape index (κ2) is 14.6. The molecule has 2 aromatic rings. The molecule has 2 saturated heterocycles. The molecule has 43 heavy (non-hydrogen) atoms. The van der Waals surface area contributed by atoms with Crippen molar-refractivity contribution in [3.8, 4) is 5.75 Å². The lowest BCUT2D eigenvalue weighted by molar-refractivity contribution is -0.0312. The maximum absolute atomic E-state index is 13.2. The molecule has 1 spiro atoms. The number of sulfonamides is 2. The number of aliphatic hydroxyl groups excluding tert-OH is 1. The zero-order valence-electron chi connectivity index (χ0n) is 25.0. The van der Waals surface area contributed by atoms with Crippen LogP contribution in [0, 0.1) is 6.92 Å². The summed E-state index contributed by atoms with van der Waals surface area (Å²) in [6.07, 6.45) is 1.82. The third-order valence-electron chi connectivity index (χ3n) is 7.88. The molecule has 0 radical (unpaired) electrons. The van der Waals surface area contributed by atoms with E-state index in [1.165, 1.54) is 16.4 Å². The Labute approximate surface area is 264 Å². The van der Waals surface area contributed by atoms with E-state index < -0.39 is 26.2 Å². The van der Waals surface area contributed by atoms with Crippen molar-refractivity contribution in [3.05, 3.63) is 52.5 Å². The van der Waals surface area contributed by atoms with Gasteiger partial charge >= 0.3 is 0 Å². The van der Waals surface area contributed by atoms with E-state index in [-0.39, 0.29) is 29.7 Å². The van der Waals surface area contributed by atoms with E-state index in [4.69, 9.17) is 9.47 Å². The molecule has 0 amide bonds. The predicted molar refractivity (Wildman–Crippen MR) is 168 cm³/mol. The quantitative estimate of drug-likeness (QED) is 0.253. The van der Waals surface area contributed by atoms with Gasteiger partial charge in [0.2, 0.25) is 20.0 Å². The molecule has 2 aromatic carbocycles. The average Bonchev–Trinajstić information content (AvgIpc) is 3.36. The van der Waals surface area contributed by atoms with Crippen LogP contribution < -0.4 is 14.8 Å². The van der Waals surface area contributed by atoms with Gasteiger partial charge in [0, 0.05) is 42.8 Å². The van der Waals surface area contributed by atoms with Crippen LogP contribution in [0.3, 0.4) is 0 Å². The summed E-state index contributed by atoms with van der Waals surface area (Å²) in [6.45, 7) is 4.52. The van der Waals surface area contributed by atoms with Gasteiger partial charge in [0.1, 0.15) is 18.5 Å². The molecule has 11 nitrogen and oxygen atoms in total. The Morgan fingerprint density at radius 1 is 1.14 bits per heavy atom. The number of hydrogen-bond acceptors (Lipinski definition) is 9. The maximum atomic E-state index is 13.2. The minimum absolute atomic E-state index is 0.00612. The molecule has 2 aliphatic heterocycles. The molecule has 0 aromatic heterocycles. The maximum Gasteiger partial charge on any atom is 0.243 e. The summed E-state index contributed by atoms with van der Waals surface area (Å²) in [5.74, 6) is 0.360. The van der Waals surface area contributed by atoms with E-state index in [9.17, 15) is 21.9 Å². The van der Waals surface area contributed by atoms with Crippen LogP contribution in [-0.4, -0.2) is 109 Å². The van der Waals surface area contributed by atoms with Gasteiger partial charge in [-0.3, -0.25) is 0 Å². The normalized spacial score (nSPS) is 20.1. The first-order chi connectivity index (χ1) is 20.3. The van der Waals surface area contributed by atoms with Gasteiger partial charge in [-0.15, -0.1) is 0 Å². The minimum atomic E-state index is -3.66. The van der Waals surface area contributed by atoms with Crippen molar-refractivity contribution < 1.29 is 31.4 Å². The molecule has 240 valence electrons. The van der Waals surface area contributed by atoms with Crippen molar-refractivity contribution in [1.82, 2.24) is 19.2 Å². The van der Waals surface area contributed by atoms with E-state index in [0.717, 1.165) is 23.0 Å². The third-order valence-corrected chi connectivity index (χ3v) is 12.1. The topological polar surface area (TPSA) is 138 Å². The lowest BCUT2D eigenvalue weighted by atomic mass is 9.88. The number of halogens is 1. The van der Waals surface area contributed by atoms with Crippen molar-refractivity contribution >= 4 is 36.0 Å². The van der Waals surface area contributed by atoms with Gasteiger partial charge in [-0.05, 0) is 89.1 Å². The van der Waals surface area contributed by atoms with E-state index >= 15 is 0 Å². The Morgan fingerprint density at radius 3 is 2.58 bits per heavy atom. The number of piperidine rings is 1. The molecule has 2 unspecified atom stereocenters. The van der Waals surface area contributed by atoms with Crippen LogP contribution >= 0.6 is 15.9 Å². The van der Waals surface area contributed by atoms with Crippen LogP contribution in [-0.2, 0) is 24.8 Å². The lowest BCUT2D eigenvalue weighted by Gasteiger charge is -2.38. The fourth-order valence-electron chi connectivity index (χ4n) is 5.35. The zero-order chi connectivity index (χ0) is 31.3. The highest BCUT2D eigenvalue weighted by Crippen LogP contribution is 2.37. The minimum Gasteiger partial charge on any atom is -0.491 e. The Kier molecular flexibility index (Phi) is 11.7. The van der Waals surface area contributed by atoms with Crippen molar-refractivity contribution in [2.75, 3.05) is 60.0 Å². The fraction of sp³-hybridized carbons (Fsp3) is 0.586. The van der Waals surface area contributed by atoms with Crippen molar-refractivity contribution in [3.63, 3.8) is 0 Å². The van der Waals surface area contributed by atoms with Gasteiger partial charge in [-0.1, -0.05) is 22.0 Å². The molecule has 2 fully saturated rings. The third kappa shape index (κ3) is 9.21. The van der Waals surface area contributed by atoms with Crippen LogP contribution in [0.25, 0.3) is 0 Å². The highest BCUT2D eigenvalue weighted by Gasteiger charge is 2.44. The van der Waals surface area contributed by atoms with Crippen LogP contribution in [0.5, 0.6) is 5.75 Å². The molecule has 2 heterocycles. The monoisotopic (exact) mass is 702 g/mol. The highest BCUT2D eigenvalue weighted by atomic mass is 79.9.